The van der Waals surface area contributed by atoms with Crippen molar-refractivity contribution < 1.29 is 17.5 Å². The number of rotatable bonds is 8. The molecule has 0 bridgehead atoms. The number of unbranched alkanes of at least 4 members (excludes halogenated alkanes) is 1. The fraction of sp³-hybridized carbons (Fsp3) is 0.286. The quantitative estimate of drug-likeness (QED) is 0.241. The number of fused-ring (bicyclic) bond motifs is 1. The summed E-state index contributed by atoms with van der Waals surface area (Å²) in [6.07, 6.45) is 1.42. The highest BCUT2D eigenvalue weighted by atomic mass is 32.2. The van der Waals surface area contributed by atoms with Crippen LogP contribution in [0.2, 0.25) is 0 Å². The third-order valence-corrected chi connectivity index (χ3v) is 6.25. The van der Waals surface area contributed by atoms with Crippen molar-refractivity contribution in [2.75, 3.05) is 11.9 Å². The van der Waals surface area contributed by atoms with Crippen LogP contribution in [0, 0.1) is 17.0 Å². The largest absolute Gasteiger partial charge is 0.355 e. The van der Waals surface area contributed by atoms with Crippen LogP contribution in [0.1, 0.15) is 25.3 Å². The maximum Gasteiger partial charge on any atom is 0.297 e. The molecule has 1 heterocycles. The summed E-state index contributed by atoms with van der Waals surface area (Å²) in [5.41, 5.74) is 1.59. The van der Waals surface area contributed by atoms with Gasteiger partial charge in [-0.05, 0) is 37.1 Å². The molecule has 164 valence electrons. The molecular formula is C21H23N3O6S. The first-order valence-electron chi connectivity index (χ1n) is 9.69. The zero-order chi connectivity index (χ0) is 22.8. The fourth-order valence-electron chi connectivity index (χ4n) is 3.08. The van der Waals surface area contributed by atoms with E-state index >= 15 is 0 Å². The first-order chi connectivity index (χ1) is 14.6. The number of aromatic nitrogens is 1. The van der Waals surface area contributed by atoms with E-state index in [1.54, 1.807) is 20.0 Å². The monoisotopic (exact) mass is 445 g/mol. The third kappa shape index (κ3) is 4.75. The zero-order valence-electron chi connectivity index (χ0n) is 17.4. The van der Waals surface area contributed by atoms with Crippen molar-refractivity contribution in [1.82, 2.24) is 4.57 Å². The molecule has 0 saturated heterocycles. The van der Waals surface area contributed by atoms with E-state index in [1.165, 1.54) is 41.0 Å². The maximum atomic E-state index is 12.5. The van der Waals surface area contributed by atoms with Gasteiger partial charge in [0.2, 0.25) is 0 Å². The van der Waals surface area contributed by atoms with Crippen LogP contribution in [0.25, 0.3) is 10.9 Å². The van der Waals surface area contributed by atoms with Crippen molar-refractivity contribution in [3.8, 4) is 0 Å². The lowest BCUT2D eigenvalue weighted by Gasteiger charge is -2.15. The summed E-state index contributed by atoms with van der Waals surface area (Å²) < 4.78 is 31.4. The van der Waals surface area contributed by atoms with Gasteiger partial charge in [0.05, 0.1) is 27.6 Å². The molecule has 1 aromatic heterocycles. The molecule has 0 amide bonds. The van der Waals surface area contributed by atoms with E-state index in [-0.39, 0.29) is 22.7 Å². The second kappa shape index (κ2) is 8.86. The molecule has 0 atom stereocenters. The number of hydrogen-bond acceptors (Lipinski definition) is 7. The molecule has 3 rings (SSSR count). The standard InChI is InChI=1S/C21H23N3O6S/c1-4-5-10-30-31(28,29)16-8-6-14(2)18(12-16)22-19-13-21(25)23(3)20-9-7-15(24(26)27)11-17(19)20/h6-9,11-13,22H,4-5,10H2,1-3H3. The maximum absolute atomic E-state index is 12.5. The summed E-state index contributed by atoms with van der Waals surface area (Å²) in [4.78, 5) is 23.1. The van der Waals surface area contributed by atoms with E-state index in [0.717, 1.165) is 12.0 Å². The van der Waals surface area contributed by atoms with Crippen LogP contribution in [0.5, 0.6) is 0 Å². The summed E-state index contributed by atoms with van der Waals surface area (Å²) in [5.74, 6) is 0. The Hall–Kier alpha value is -3.24. The van der Waals surface area contributed by atoms with Gasteiger partial charge in [-0.15, -0.1) is 0 Å². The normalized spacial score (nSPS) is 11.6. The average molecular weight is 445 g/mol. The minimum atomic E-state index is -3.93. The molecule has 0 spiro atoms. The molecule has 0 radical (unpaired) electrons. The number of benzene rings is 2. The number of nitrogens with one attached hydrogen (secondary N) is 1. The lowest BCUT2D eigenvalue weighted by Crippen LogP contribution is -2.17. The smallest absolute Gasteiger partial charge is 0.297 e. The Bertz CT molecular complexity index is 1310. The summed E-state index contributed by atoms with van der Waals surface area (Å²) in [6, 6.07) is 10.1. The molecule has 0 aliphatic carbocycles. The lowest BCUT2D eigenvalue weighted by molar-refractivity contribution is -0.384. The van der Waals surface area contributed by atoms with E-state index in [0.29, 0.717) is 28.7 Å². The van der Waals surface area contributed by atoms with Gasteiger partial charge >= 0.3 is 0 Å². The second-order valence-corrected chi connectivity index (χ2v) is 8.76. The Labute approximate surface area is 179 Å². The number of pyridine rings is 1. The molecule has 9 nitrogen and oxygen atoms in total. The third-order valence-electron chi connectivity index (χ3n) is 4.94. The molecule has 3 aromatic rings. The number of hydrogen-bond donors (Lipinski definition) is 1. The molecule has 31 heavy (non-hydrogen) atoms. The molecule has 1 N–H and O–H groups in total. The SMILES string of the molecule is CCCCOS(=O)(=O)c1ccc(C)c(Nc2cc(=O)n(C)c3ccc([N+](=O)[O-])cc23)c1. The fourth-order valence-corrected chi connectivity index (χ4v) is 4.05. The van der Waals surface area contributed by atoms with Crippen molar-refractivity contribution in [2.24, 2.45) is 7.05 Å². The van der Waals surface area contributed by atoms with Crippen molar-refractivity contribution in [1.29, 1.82) is 0 Å². The second-order valence-electron chi connectivity index (χ2n) is 7.15. The summed E-state index contributed by atoms with van der Waals surface area (Å²) >= 11 is 0. The Kier molecular flexibility index (Phi) is 6.42. The van der Waals surface area contributed by atoms with E-state index in [4.69, 9.17) is 4.18 Å². The molecule has 2 aromatic carbocycles. The van der Waals surface area contributed by atoms with E-state index in [9.17, 15) is 23.3 Å². The van der Waals surface area contributed by atoms with Crippen molar-refractivity contribution in [3.63, 3.8) is 0 Å². The van der Waals surface area contributed by atoms with Gasteiger partial charge in [-0.1, -0.05) is 19.4 Å². The first kappa shape index (κ1) is 22.4. The van der Waals surface area contributed by atoms with Crippen LogP contribution in [0.3, 0.4) is 0 Å². The molecule has 0 aliphatic heterocycles. The number of aryl methyl sites for hydroxylation is 2. The lowest BCUT2D eigenvalue weighted by atomic mass is 10.1. The molecule has 0 fully saturated rings. The van der Waals surface area contributed by atoms with Crippen molar-refractivity contribution >= 4 is 38.1 Å². The summed E-state index contributed by atoms with van der Waals surface area (Å²) in [7, 11) is -2.36. The highest BCUT2D eigenvalue weighted by Crippen LogP contribution is 2.30. The molecule has 0 aliphatic rings. The van der Waals surface area contributed by atoms with Crippen LogP contribution in [0.15, 0.2) is 52.2 Å². The number of anilines is 2. The average Bonchev–Trinajstić information content (AvgIpc) is 2.72. The van der Waals surface area contributed by atoms with Gasteiger partial charge < -0.3 is 9.88 Å². The van der Waals surface area contributed by atoms with Gasteiger partial charge in [-0.25, -0.2) is 0 Å². The summed E-state index contributed by atoms with van der Waals surface area (Å²) in [6.45, 7) is 3.81. The molecule has 0 saturated carbocycles. The topological polar surface area (TPSA) is 121 Å². The van der Waals surface area contributed by atoms with Gasteiger partial charge in [0.25, 0.3) is 21.4 Å². The zero-order valence-corrected chi connectivity index (χ0v) is 18.2. The molecule has 10 heteroatoms. The number of nitro benzene ring substituents is 1. The first-order valence-corrected chi connectivity index (χ1v) is 11.1. The Morgan fingerprint density at radius 1 is 1.13 bits per heavy atom. The van der Waals surface area contributed by atoms with Crippen LogP contribution in [-0.4, -0.2) is 24.5 Å². The minimum Gasteiger partial charge on any atom is -0.355 e. The van der Waals surface area contributed by atoms with Crippen molar-refractivity contribution in [3.05, 3.63) is 68.5 Å². The van der Waals surface area contributed by atoms with E-state index in [2.05, 4.69) is 5.32 Å². The van der Waals surface area contributed by atoms with Gasteiger partial charge in [-0.2, -0.15) is 8.42 Å². The Balaban J connectivity index is 2.08. The summed E-state index contributed by atoms with van der Waals surface area (Å²) in [5, 5.41) is 14.8. The molecule has 0 unspecified atom stereocenters. The number of non-ortho nitro benzene ring substituents is 1. The number of nitrogens with zero attached hydrogens (tertiary/aromatic N) is 2. The van der Waals surface area contributed by atoms with Gasteiger partial charge in [0.15, 0.2) is 0 Å². The highest BCUT2D eigenvalue weighted by molar-refractivity contribution is 7.86. The van der Waals surface area contributed by atoms with Gasteiger partial charge in [-0.3, -0.25) is 19.1 Å². The van der Waals surface area contributed by atoms with Gasteiger partial charge in [0.1, 0.15) is 0 Å². The highest BCUT2D eigenvalue weighted by Gasteiger charge is 2.18. The van der Waals surface area contributed by atoms with Crippen LogP contribution < -0.4 is 10.9 Å². The van der Waals surface area contributed by atoms with Gasteiger partial charge in [0, 0.05) is 36.3 Å². The minimum absolute atomic E-state index is 0.0178. The van der Waals surface area contributed by atoms with Crippen LogP contribution >= 0.6 is 0 Å². The Morgan fingerprint density at radius 2 is 1.87 bits per heavy atom. The van der Waals surface area contributed by atoms with Crippen molar-refractivity contribution in [2.45, 2.75) is 31.6 Å². The number of nitro groups is 1. The van der Waals surface area contributed by atoms with E-state index in [1.807, 2.05) is 6.92 Å². The van der Waals surface area contributed by atoms with Crippen LogP contribution in [-0.2, 0) is 21.3 Å². The predicted octanol–water partition coefficient (Wildman–Crippen LogP) is 4.00. The Morgan fingerprint density at radius 3 is 2.55 bits per heavy atom. The predicted molar refractivity (Wildman–Crippen MR) is 118 cm³/mol. The molecular weight excluding hydrogens is 422 g/mol. The van der Waals surface area contributed by atoms with E-state index < -0.39 is 15.0 Å². The van der Waals surface area contributed by atoms with Crippen LogP contribution in [0.4, 0.5) is 17.1 Å².